The Labute approximate surface area is 138 Å². The molecule has 1 unspecified atom stereocenters. The second kappa shape index (κ2) is 8.86. The molecule has 2 rings (SSSR count). The van der Waals surface area contributed by atoms with Crippen molar-refractivity contribution < 1.29 is 14.3 Å². The minimum Gasteiger partial charge on any atom is -0.381 e. The molecular formula is C16H28N4O3. The Morgan fingerprint density at radius 2 is 2.09 bits per heavy atom. The van der Waals surface area contributed by atoms with Gasteiger partial charge in [0.15, 0.2) is 5.96 Å². The van der Waals surface area contributed by atoms with E-state index in [1.165, 1.54) is 4.90 Å². The molecule has 1 N–H and O–H groups in total. The first-order chi connectivity index (χ1) is 11.2. The van der Waals surface area contributed by atoms with Crippen molar-refractivity contribution in [3.8, 4) is 0 Å². The molecule has 2 saturated heterocycles. The molecular weight excluding hydrogens is 296 g/mol. The predicted molar refractivity (Wildman–Crippen MR) is 88.1 cm³/mol. The number of carbonyl (C=O) groups excluding carboxylic acids is 2. The van der Waals surface area contributed by atoms with Crippen LogP contribution in [0.15, 0.2) is 4.99 Å². The van der Waals surface area contributed by atoms with E-state index in [0.29, 0.717) is 38.3 Å². The Kier molecular flexibility index (Phi) is 6.83. The summed E-state index contributed by atoms with van der Waals surface area (Å²) < 4.78 is 5.49. The molecule has 23 heavy (non-hydrogen) atoms. The molecule has 130 valence electrons. The average Bonchev–Trinajstić information content (AvgIpc) is 3.00. The SMILES string of the molecule is CCOCC1CCN(C(=NC)NCCN2C(=O)CCCC2=O)C1. The first-order valence-corrected chi connectivity index (χ1v) is 8.52. The molecule has 1 atom stereocenters. The Bertz CT molecular complexity index is 437. The van der Waals surface area contributed by atoms with E-state index in [1.807, 2.05) is 6.92 Å². The van der Waals surface area contributed by atoms with Gasteiger partial charge in [-0.15, -0.1) is 0 Å². The van der Waals surface area contributed by atoms with Crippen LogP contribution in [0.4, 0.5) is 0 Å². The van der Waals surface area contributed by atoms with Crippen LogP contribution in [0.1, 0.15) is 32.6 Å². The zero-order valence-corrected chi connectivity index (χ0v) is 14.2. The number of amides is 2. The van der Waals surface area contributed by atoms with E-state index in [4.69, 9.17) is 4.74 Å². The molecule has 7 nitrogen and oxygen atoms in total. The van der Waals surface area contributed by atoms with E-state index < -0.39 is 0 Å². The zero-order valence-electron chi connectivity index (χ0n) is 14.2. The normalized spacial score (nSPS) is 22.9. The maximum absolute atomic E-state index is 11.8. The van der Waals surface area contributed by atoms with E-state index >= 15 is 0 Å². The van der Waals surface area contributed by atoms with Gasteiger partial charge in [0.2, 0.25) is 11.8 Å². The van der Waals surface area contributed by atoms with Gasteiger partial charge in [0.25, 0.3) is 0 Å². The number of rotatable bonds is 6. The molecule has 0 saturated carbocycles. The number of aliphatic imine (C=N–C) groups is 1. The van der Waals surface area contributed by atoms with Gasteiger partial charge < -0.3 is 15.0 Å². The van der Waals surface area contributed by atoms with Gasteiger partial charge in [0, 0.05) is 58.6 Å². The number of piperidine rings is 1. The van der Waals surface area contributed by atoms with E-state index in [0.717, 1.165) is 38.7 Å². The summed E-state index contributed by atoms with van der Waals surface area (Å²) in [6.45, 7) is 6.39. The van der Waals surface area contributed by atoms with Crippen LogP contribution in [0.5, 0.6) is 0 Å². The lowest BCUT2D eigenvalue weighted by Gasteiger charge is -2.26. The molecule has 0 aromatic rings. The van der Waals surface area contributed by atoms with Crippen molar-refractivity contribution in [1.82, 2.24) is 15.1 Å². The highest BCUT2D eigenvalue weighted by molar-refractivity contribution is 5.97. The van der Waals surface area contributed by atoms with Crippen molar-refractivity contribution in [1.29, 1.82) is 0 Å². The minimum atomic E-state index is -0.0593. The molecule has 2 amide bonds. The number of hydrogen-bond donors (Lipinski definition) is 1. The maximum atomic E-state index is 11.8. The molecule has 7 heteroatoms. The van der Waals surface area contributed by atoms with Crippen molar-refractivity contribution >= 4 is 17.8 Å². The summed E-state index contributed by atoms with van der Waals surface area (Å²) >= 11 is 0. The van der Waals surface area contributed by atoms with Gasteiger partial charge in [0.05, 0.1) is 6.61 Å². The summed E-state index contributed by atoms with van der Waals surface area (Å²) in [5, 5.41) is 3.27. The summed E-state index contributed by atoms with van der Waals surface area (Å²) in [5.74, 6) is 1.26. The summed E-state index contributed by atoms with van der Waals surface area (Å²) in [7, 11) is 1.76. The lowest BCUT2D eigenvalue weighted by molar-refractivity contribution is -0.147. The molecule has 0 aromatic carbocycles. The number of likely N-dealkylation sites (tertiary alicyclic amines) is 2. The molecule has 0 spiro atoms. The zero-order chi connectivity index (χ0) is 16.7. The highest BCUT2D eigenvalue weighted by atomic mass is 16.5. The van der Waals surface area contributed by atoms with Crippen molar-refractivity contribution in [3.05, 3.63) is 0 Å². The number of carbonyl (C=O) groups is 2. The third kappa shape index (κ3) is 4.92. The van der Waals surface area contributed by atoms with E-state index in [-0.39, 0.29) is 11.8 Å². The van der Waals surface area contributed by atoms with Gasteiger partial charge in [-0.2, -0.15) is 0 Å². The summed E-state index contributed by atoms with van der Waals surface area (Å²) in [6.07, 6.45) is 2.74. The fraction of sp³-hybridized carbons (Fsp3) is 0.812. The van der Waals surface area contributed by atoms with Crippen LogP contribution in [0.2, 0.25) is 0 Å². The number of guanidine groups is 1. The van der Waals surface area contributed by atoms with Crippen molar-refractivity contribution in [2.45, 2.75) is 32.6 Å². The molecule has 0 radical (unpaired) electrons. The number of imide groups is 1. The Hall–Kier alpha value is -1.63. The number of nitrogens with zero attached hydrogens (tertiary/aromatic N) is 3. The number of hydrogen-bond acceptors (Lipinski definition) is 4. The topological polar surface area (TPSA) is 74.2 Å². The van der Waals surface area contributed by atoms with Crippen molar-refractivity contribution in [2.75, 3.05) is 46.4 Å². The smallest absolute Gasteiger partial charge is 0.229 e. The maximum Gasteiger partial charge on any atom is 0.229 e. The van der Waals surface area contributed by atoms with Gasteiger partial charge in [0.1, 0.15) is 0 Å². The predicted octanol–water partition coefficient (Wildman–Crippen LogP) is 0.459. The highest BCUT2D eigenvalue weighted by Crippen LogP contribution is 2.16. The van der Waals surface area contributed by atoms with Gasteiger partial charge in [-0.25, -0.2) is 0 Å². The number of nitrogens with one attached hydrogen (secondary N) is 1. The molecule has 0 aromatic heterocycles. The van der Waals surface area contributed by atoms with Crippen molar-refractivity contribution in [2.24, 2.45) is 10.9 Å². The largest absolute Gasteiger partial charge is 0.381 e. The first kappa shape index (κ1) is 17.7. The Morgan fingerprint density at radius 1 is 1.35 bits per heavy atom. The summed E-state index contributed by atoms with van der Waals surface area (Å²) in [4.78, 5) is 31.4. The summed E-state index contributed by atoms with van der Waals surface area (Å²) in [6, 6.07) is 0. The first-order valence-electron chi connectivity index (χ1n) is 8.52. The second-order valence-corrected chi connectivity index (χ2v) is 6.03. The minimum absolute atomic E-state index is 0.0593. The molecule has 2 aliphatic heterocycles. The third-order valence-electron chi connectivity index (χ3n) is 4.36. The lowest BCUT2D eigenvalue weighted by atomic mass is 10.1. The molecule has 0 aliphatic carbocycles. The van der Waals surface area contributed by atoms with Crippen LogP contribution in [0, 0.1) is 5.92 Å². The van der Waals surface area contributed by atoms with Crippen LogP contribution >= 0.6 is 0 Å². The van der Waals surface area contributed by atoms with Gasteiger partial charge >= 0.3 is 0 Å². The molecule has 2 fully saturated rings. The van der Waals surface area contributed by atoms with Crippen molar-refractivity contribution in [3.63, 3.8) is 0 Å². The third-order valence-corrected chi connectivity index (χ3v) is 4.36. The fourth-order valence-electron chi connectivity index (χ4n) is 3.11. The second-order valence-electron chi connectivity index (χ2n) is 6.03. The van der Waals surface area contributed by atoms with Gasteiger partial charge in [-0.1, -0.05) is 0 Å². The number of ether oxygens (including phenoxy) is 1. The van der Waals surface area contributed by atoms with E-state index in [2.05, 4.69) is 15.2 Å². The van der Waals surface area contributed by atoms with Gasteiger partial charge in [-0.05, 0) is 19.8 Å². The van der Waals surface area contributed by atoms with E-state index in [9.17, 15) is 9.59 Å². The Balaban J connectivity index is 1.75. The fourth-order valence-corrected chi connectivity index (χ4v) is 3.11. The summed E-state index contributed by atoms with van der Waals surface area (Å²) in [5.41, 5.74) is 0. The Morgan fingerprint density at radius 3 is 2.74 bits per heavy atom. The standard InChI is InChI=1S/C16H28N4O3/c1-3-23-12-13-7-9-19(11-13)16(17-2)18-8-10-20-14(21)5-4-6-15(20)22/h13H,3-12H2,1-2H3,(H,17,18). The molecule has 0 bridgehead atoms. The van der Waals surface area contributed by atoms with Crippen LogP contribution in [-0.2, 0) is 14.3 Å². The van der Waals surface area contributed by atoms with E-state index in [1.54, 1.807) is 7.05 Å². The van der Waals surface area contributed by atoms with Crippen LogP contribution in [0.25, 0.3) is 0 Å². The van der Waals surface area contributed by atoms with Crippen LogP contribution in [-0.4, -0.2) is 74.0 Å². The monoisotopic (exact) mass is 324 g/mol. The van der Waals surface area contributed by atoms with Crippen LogP contribution in [0.3, 0.4) is 0 Å². The van der Waals surface area contributed by atoms with Crippen LogP contribution < -0.4 is 5.32 Å². The van der Waals surface area contributed by atoms with Gasteiger partial charge in [-0.3, -0.25) is 19.5 Å². The highest BCUT2D eigenvalue weighted by Gasteiger charge is 2.27. The average molecular weight is 324 g/mol. The molecule has 2 heterocycles. The molecule has 2 aliphatic rings. The quantitative estimate of drug-likeness (QED) is 0.436. The lowest BCUT2D eigenvalue weighted by Crippen LogP contribution is -2.47.